The molecule has 5 heteroatoms. The van der Waals surface area contributed by atoms with Gasteiger partial charge in [-0.2, -0.15) is 0 Å². The van der Waals surface area contributed by atoms with Crippen molar-refractivity contribution < 1.29 is 4.42 Å². The van der Waals surface area contributed by atoms with E-state index in [1.165, 1.54) is 0 Å². The minimum absolute atomic E-state index is 0.565. The molecule has 238 valence electrons. The average Bonchev–Trinajstić information content (AvgIpc) is 3.64. The fourth-order valence-corrected chi connectivity index (χ4v) is 6.94. The zero-order chi connectivity index (χ0) is 33.7. The van der Waals surface area contributed by atoms with E-state index in [4.69, 9.17) is 24.4 Å². The highest BCUT2D eigenvalue weighted by molar-refractivity contribution is 5.93. The van der Waals surface area contributed by atoms with E-state index in [-0.39, 0.29) is 0 Å². The first kappa shape index (κ1) is 29.0. The second kappa shape index (κ2) is 11.9. The quantitative estimate of drug-likeness (QED) is 0.185. The summed E-state index contributed by atoms with van der Waals surface area (Å²) in [7, 11) is 0. The van der Waals surface area contributed by atoms with Gasteiger partial charge in [-0.3, -0.25) is 15.0 Å². The largest absolute Gasteiger partial charge is 0.436 e. The molecule has 0 aliphatic heterocycles. The smallest absolute Gasteiger partial charge is 0.227 e. The van der Waals surface area contributed by atoms with Gasteiger partial charge in [-0.05, 0) is 101 Å². The number of fused-ring (bicyclic) bond motifs is 4. The third-order valence-corrected chi connectivity index (χ3v) is 9.56. The van der Waals surface area contributed by atoms with Crippen molar-refractivity contribution in [3.63, 3.8) is 0 Å². The summed E-state index contributed by atoms with van der Waals surface area (Å²) in [4.78, 5) is 19.3. The predicted molar refractivity (Wildman–Crippen MR) is 207 cm³/mol. The zero-order valence-electron chi connectivity index (χ0n) is 27.4. The van der Waals surface area contributed by atoms with Crippen molar-refractivity contribution in [3.05, 3.63) is 170 Å². The van der Waals surface area contributed by atoms with Gasteiger partial charge in [-0.15, -0.1) is 0 Å². The minimum Gasteiger partial charge on any atom is -0.436 e. The molecule has 5 nitrogen and oxygen atoms in total. The van der Waals surface area contributed by atoms with Crippen LogP contribution in [0.5, 0.6) is 0 Å². The molecule has 0 saturated heterocycles. The molecule has 0 atom stereocenters. The Morgan fingerprint density at radius 2 is 0.804 bits per heavy atom. The molecule has 4 aromatic heterocycles. The second-order valence-corrected chi connectivity index (χ2v) is 12.8. The fraction of sp³-hybridized carbons (Fsp3) is 0. The maximum absolute atomic E-state index is 6.41. The first-order valence-electron chi connectivity index (χ1n) is 16.9. The van der Waals surface area contributed by atoms with Gasteiger partial charge < -0.3 is 4.42 Å². The van der Waals surface area contributed by atoms with E-state index in [0.717, 1.165) is 93.9 Å². The maximum Gasteiger partial charge on any atom is 0.227 e. The molecule has 0 radical (unpaired) electrons. The van der Waals surface area contributed by atoms with E-state index in [0.29, 0.717) is 5.89 Å². The molecule has 6 aromatic carbocycles. The van der Waals surface area contributed by atoms with Gasteiger partial charge in [0.05, 0.1) is 16.6 Å². The monoisotopic (exact) mass is 652 g/mol. The van der Waals surface area contributed by atoms with Gasteiger partial charge in [0, 0.05) is 57.0 Å². The second-order valence-electron chi connectivity index (χ2n) is 12.8. The van der Waals surface area contributed by atoms with Gasteiger partial charge in [0.2, 0.25) is 5.89 Å². The van der Waals surface area contributed by atoms with Crippen LogP contribution in [0.25, 0.3) is 99.8 Å². The van der Waals surface area contributed by atoms with Crippen LogP contribution >= 0.6 is 0 Å². The van der Waals surface area contributed by atoms with Crippen LogP contribution in [0.15, 0.2) is 175 Å². The first-order valence-corrected chi connectivity index (χ1v) is 16.9. The molecule has 0 aliphatic rings. The number of oxazole rings is 1. The normalized spacial score (nSPS) is 11.5. The molecular formula is C46H28N4O. The lowest BCUT2D eigenvalue weighted by Gasteiger charge is -2.14. The van der Waals surface area contributed by atoms with Crippen molar-refractivity contribution in [1.29, 1.82) is 0 Å². The lowest BCUT2D eigenvalue weighted by Crippen LogP contribution is -1.91. The highest BCUT2D eigenvalue weighted by Crippen LogP contribution is 2.40. The number of nitrogens with zero attached hydrogens (tertiary/aromatic N) is 4. The number of rotatable bonds is 5. The van der Waals surface area contributed by atoms with Crippen molar-refractivity contribution >= 4 is 43.8 Å². The number of hydrogen-bond donors (Lipinski definition) is 0. The van der Waals surface area contributed by atoms with Crippen LogP contribution in [0.4, 0.5) is 0 Å². The highest BCUT2D eigenvalue weighted by atomic mass is 16.3. The molecule has 10 aromatic rings. The number of benzene rings is 6. The molecule has 0 N–H and O–H groups in total. The van der Waals surface area contributed by atoms with Gasteiger partial charge >= 0.3 is 0 Å². The molecule has 4 heterocycles. The zero-order valence-corrected chi connectivity index (χ0v) is 27.4. The molecule has 0 spiro atoms. The third-order valence-electron chi connectivity index (χ3n) is 9.56. The lowest BCUT2D eigenvalue weighted by atomic mass is 9.91. The Labute approximate surface area is 293 Å². The first-order chi connectivity index (χ1) is 25.2. The van der Waals surface area contributed by atoms with Crippen LogP contribution in [0, 0.1) is 0 Å². The molecule has 0 bridgehead atoms. The summed E-state index contributed by atoms with van der Waals surface area (Å²) in [5, 5.41) is 3.27. The van der Waals surface area contributed by atoms with Crippen molar-refractivity contribution in [2.24, 2.45) is 0 Å². The summed E-state index contributed by atoms with van der Waals surface area (Å²) < 4.78 is 6.41. The Balaban J connectivity index is 1.19. The van der Waals surface area contributed by atoms with Crippen molar-refractivity contribution in [1.82, 2.24) is 19.9 Å². The standard InChI is InChI=1S/C46H28N4O/c1-4-12-41-30(9-1)19-36(26-47-41)34-22-33(23-35(24-34)37-20-31-10-2-5-13-42(31)48-27-37)29-17-18-39(38-21-32-11-3-6-14-43(32)49-28-38)40(25-29)46-50-44-15-7-8-16-45(44)51-46/h1-28H. The molecular weight excluding hydrogens is 625 g/mol. The summed E-state index contributed by atoms with van der Waals surface area (Å²) in [6, 6.07) is 52.4. The summed E-state index contributed by atoms with van der Waals surface area (Å²) in [5.74, 6) is 0.565. The lowest BCUT2D eigenvalue weighted by molar-refractivity contribution is 0.620. The van der Waals surface area contributed by atoms with Gasteiger partial charge in [0.1, 0.15) is 5.52 Å². The highest BCUT2D eigenvalue weighted by Gasteiger charge is 2.18. The molecule has 0 fully saturated rings. The van der Waals surface area contributed by atoms with Crippen LogP contribution in [0.3, 0.4) is 0 Å². The van der Waals surface area contributed by atoms with Crippen molar-refractivity contribution in [3.8, 4) is 56.0 Å². The molecule has 0 unspecified atom stereocenters. The van der Waals surface area contributed by atoms with E-state index in [9.17, 15) is 0 Å². The number of pyridine rings is 3. The topological polar surface area (TPSA) is 64.7 Å². The van der Waals surface area contributed by atoms with Crippen molar-refractivity contribution in [2.75, 3.05) is 0 Å². The van der Waals surface area contributed by atoms with E-state index >= 15 is 0 Å². The number of para-hydroxylation sites is 5. The maximum atomic E-state index is 6.41. The summed E-state index contributed by atoms with van der Waals surface area (Å²) in [6.45, 7) is 0. The van der Waals surface area contributed by atoms with Crippen LogP contribution < -0.4 is 0 Å². The Kier molecular flexibility index (Phi) is 6.74. The van der Waals surface area contributed by atoms with Crippen molar-refractivity contribution in [2.45, 2.75) is 0 Å². The summed E-state index contributed by atoms with van der Waals surface area (Å²) in [6.07, 6.45) is 5.86. The van der Waals surface area contributed by atoms with Crippen LogP contribution in [0.1, 0.15) is 0 Å². The molecule has 0 amide bonds. The summed E-state index contributed by atoms with van der Waals surface area (Å²) >= 11 is 0. The Morgan fingerprint density at radius 3 is 1.37 bits per heavy atom. The predicted octanol–water partition coefficient (Wildman–Crippen LogP) is 11.8. The van der Waals surface area contributed by atoms with E-state index in [2.05, 4.69) is 84.9 Å². The Hall–Kier alpha value is -6.98. The average molecular weight is 653 g/mol. The third kappa shape index (κ3) is 5.29. The van der Waals surface area contributed by atoms with E-state index in [1.807, 2.05) is 85.3 Å². The molecule has 0 saturated carbocycles. The number of hydrogen-bond acceptors (Lipinski definition) is 5. The number of aromatic nitrogens is 4. The fourth-order valence-electron chi connectivity index (χ4n) is 6.94. The minimum atomic E-state index is 0.565. The van der Waals surface area contributed by atoms with E-state index in [1.54, 1.807) is 0 Å². The van der Waals surface area contributed by atoms with Gasteiger partial charge in [0.15, 0.2) is 5.58 Å². The molecule has 10 rings (SSSR count). The van der Waals surface area contributed by atoms with Crippen LogP contribution in [0.2, 0.25) is 0 Å². The van der Waals surface area contributed by atoms with Gasteiger partial charge in [0.25, 0.3) is 0 Å². The van der Waals surface area contributed by atoms with Gasteiger partial charge in [-0.1, -0.05) is 78.9 Å². The van der Waals surface area contributed by atoms with Crippen LogP contribution in [-0.2, 0) is 0 Å². The summed E-state index contributed by atoms with van der Waals surface area (Å²) in [5.41, 5.74) is 13.7. The Bertz CT molecular complexity index is 2810. The van der Waals surface area contributed by atoms with Gasteiger partial charge in [-0.25, -0.2) is 4.98 Å². The Morgan fingerprint density at radius 1 is 0.333 bits per heavy atom. The van der Waals surface area contributed by atoms with Crippen LogP contribution in [-0.4, -0.2) is 19.9 Å². The SMILES string of the molecule is c1ccc2ncc(-c3cc(-c4ccc(-c5cnc6ccccc6c5)c(-c5nc6ccccc6o5)c4)cc(-c4cnc5ccccc5c4)c3)cc2c1. The molecule has 0 aliphatic carbocycles. The molecule has 51 heavy (non-hydrogen) atoms. The van der Waals surface area contributed by atoms with E-state index < -0.39 is 0 Å².